The summed E-state index contributed by atoms with van der Waals surface area (Å²) in [4.78, 5) is 20.4. The lowest BCUT2D eigenvalue weighted by molar-refractivity contribution is 0.0916. The number of aromatic nitrogens is 2. The smallest absolute Gasteiger partial charge is 0.271 e. The molecule has 1 aromatic rings. The largest absolute Gasteiger partial charge is 0.369 e. The van der Waals surface area contributed by atoms with Gasteiger partial charge in [0.2, 0.25) is 0 Å². The third-order valence-electron chi connectivity index (χ3n) is 4.00. The Morgan fingerprint density at radius 1 is 1.20 bits per heavy atom. The molecule has 2 N–H and O–H groups in total. The molecule has 1 aromatic heterocycles. The summed E-state index contributed by atoms with van der Waals surface area (Å²) in [7, 11) is 0. The summed E-state index contributed by atoms with van der Waals surface area (Å²) in [5, 5.41) is 6.13. The van der Waals surface area contributed by atoms with Crippen molar-refractivity contribution in [1.82, 2.24) is 15.3 Å². The number of nitrogens with one attached hydrogen (secondary N) is 2. The van der Waals surface area contributed by atoms with Crippen LogP contribution < -0.4 is 10.6 Å². The quantitative estimate of drug-likeness (QED) is 0.867. The lowest BCUT2D eigenvalue weighted by Crippen LogP contribution is -2.38. The third-order valence-corrected chi connectivity index (χ3v) is 4.00. The first-order valence-electron chi connectivity index (χ1n) is 7.59. The minimum absolute atomic E-state index is 0.111. The lowest BCUT2D eigenvalue weighted by atomic mass is 9.84. The molecule has 2 rings (SSSR count). The van der Waals surface area contributed by atoms with Gasteiger partial charge in [-0.3, -0.25) is 4.79 Å². The third kappa shape index (κ3) is 3.92. The first kappa shape index (κ1) is 14.8. The van der Waals surface area contributed by atoms with Crippen molar-refractivity contribution in [2.45, 2.75) is 52.0 Å². The van der Waals surface area contributed by atoms with E-state index in [-0.39, 0.29) is 5.91 Å². The van der Waals surface area contributed by atoms with E-state index < -0.39 is 0 Å². The van der Waals surface area contributed by atoms with Crippen LogP contribution in [0.3, 0.4) is 0 Å². The second-order valence-corrected chi connectivity index (χ2v) is 5.42. The Bertz CT molecular complexity index is 424. The van der Waals surface area contributed by atoms with E-state index in [2.05, 4.69) is 27.5 Å². The minimum Gasteiger partial charge on any atom is -0.369 e. The van der Waals surface area contributed by atoms with Gasteiger partial charge in [-0.05, 0) is 38.5 Å². The first-order chi connectivity index (χ1) is 9.72. The van der Waals surface area contributed by atoms with Crippen molar-refractivity contribution < 1.29 is 4.79 Å². The molecule has 0 saturated heterocycles. The van der Waals surface area contributed by atoms with Crippen molar-refractivity contribution in [2.24, 2.45) is 5.92 Å². The highest BCUT2D eigenvalue weighted by Gasteiger charge is 2.22. The number of nitrogens with zero attached hydrogens (tertiary/aromatic N) is 2. The molecule has 1 heterocycles. The maximum absolute atomic E-state index is 12.1. The highest BCUT2D eigenvalue weighted by atomic mass is 16.1. The van der Waals surface area contributed by atoms with E-state index in [1.54, 1.807) is 6.20 Å². The van der Waals surface area contributed by atoms with E-state index in [9.17, 15) is 4.79 Å². The zero-order valence-corrected chi connectivity index (χ0v) is 12.4. The Morgan fingerprint density at radius 3 is 2.50 bits per heavy atom. The fourth-order valence-electron chi connectivity index (χ4n) is 2.69. The summed E-state index contributed by atoms with van der Waals surface area (Å²) >= 11 is 0. The molecule has 0 aliphatic heterocycles. The van der Waals surface area contributed by atoms with Crippen LogP contribution in [0.2, 0.25) is 0 Å². The molecular formula is C15H24N4O. The summed E-state index contributed by atoms with van der Waals surface area (Å²) in [6, 6.07) is 0.292. The Kier molecular flexibility index (Phi) is 5.32. The van der Waals surface area contributed by atoms with Gasteiger partial charge in [-0.15, -0.1) is 0 Å². The Balaban J connectivity index is 1.85. The summed E-state index contributed by atoms with van der Waals surface area (Å²) in [6.45, 7) is 5.03. The molecule has 0 bridgehead atoms. The van der Waals surface area contributed by atoms with Gasteiger partial charge in [0.25, 0.3) is 5.91 Å². The van der Waals surface area contributed by atoms with Gasteiger partial charge in [0.05, 0.1) is 12.4 Å². The summed E-state index contributed by atoms with van der Waals surface area (Å²) in [5.74, 6) is 1.43. The lowest BCUT2D eigenvalue weighted by Gasteiger charge is -2.28. The molecule has 0 atom stereocenters. The molecule has 1 fully saturated rings. The van der Waals surface area contributed by atoms with Crippen molar-refractivity contribution in [3.63, 3.8) is 0 Å². The molecule has 1 amide bonds. The van der Waals surface area contributed by atoms with E-state index in [0.29, 0.717) is 17.6 Å². The summed E-state index contributed by atoms with van der Waals surface area (Å²) in [5.41, 5.74) is 0.393. The zero-order chi connectivity index (χ0) is 14.4. The van der Waals surface area contributed by atoms with Gasteiger partial charge in [-0.1, -0.05) is 13.3 Å². The number of hydrogen-bond acceptors (Lipinski definition) is 4. The molecule has 1 aliphatic rings. The molecule has 0 spiro atoms. The fourth-order valence-corrected chi connectivity index (χ4v) is 2.69. The topological polar surface area (TPSA) is 66.9 Å². The number of amides is 1. The van der Waals surface area contributed by atoms with Gasteiger partial charge in [0.1, 0.15) is 11.5 Å². The van der Waals surface area contributed by atoms with Gasteiger partial charge in [-0.25, -0.2) is 9.97 Å². The van der Waals surface area contributed by atoms with Crippen molar-refractivity contribution in [2.75, 3.05) is 11.9 Å². The van der Waals surface area contributed by atoms with Crippen LogP contribution in [0.5, 0.6) is 0 Å². The molecule has 5 heteroatoms. The van der Waals surface area contributed by atoms with Gasteiger partial charge in [-0.2, -0.15) is 0 Å². The average molecular weight is 276 g/mol. The maximum Gasteiger partial charge on any atom is 0.271 e. The minimum atomic E-state index is -0.111. The van der Waals surface area contributed by atoms with E-state index in [0.717, 1.165) is 25.3 Å². The molecule has 1 aliphatic carbocycles. The van der Waals surface area contributed by atoms with E-state index in [1.807, 2.05) is 6.92 Å². The van der Waals surface area contributed by atoms with Crippen molar-refractivity contribution in [1.29, 1.82) is 0 Å². The Labute approximate surface area is 120 Å². The van der Waals surface area contributed by atoms with Crippen LogP contribution in [0.4, 0.5) is 5.82 Å². The number of anilines is 1. The van der Waals surface area contributed by atoms with Crippen LogP contribution in [0.1, 0.15) is 56.4 Å². The number of hydrogen-bond donors (Lipinski definition) is 2. The van der Waals surface area contributed by atoms with Crippen LogP contribution in [0.15, 0.2) is 12.4 Å². The predicted octanol–water partition coefficient (Wildman–Crippen LogP) is 2.61. The predicted molar refractivity (Wildman–Crippen MR) is 79.7 cm³/mol. The normalized spacial score (nSPS) is 22.3. The van der Waals surface area contributed by atoms with Crippen LogP contribution >= 0.6 is 0 Å². The van der Waals surface area contributed by atoms with Crippen molar-refractivity contribution >= 4 is 11.7 Å². The van der Waals surface area contributed by atoms with E-state index >= 15 is 0 Å². The van der Waals surface area contributed by atoms with Crippen molar-refractivity contribution in [3.05, 3.63) is 18.1 Å². The second-order valence-electron chi connectivity index (χ2n) is 5.42. The standard InChI is InChI=1S/C15H24N4O/c1-3-11-5-7-12(8-6-11)19-15(20)13-9-18-14(10-17-13)16-4-2/h9-12H,3-8H2,1-2H3,(H,16,18)(H,19,20). The number of rotatable bonds is 5. The van der Waals surface area contributed by atoms with Gasteiger partial charge < -0.3 is 10.6 Å². The monoisotopic (exact) mass is 276 g/mol. The molecule has 1 saturated carbocycles. The van der Waals surface area contributed by atoms with Gasteiger partial charge in [0, 0.05) is 12.6 Å². The summed E-state index contributed by atoms with van der Waals surface area (Å²) in [6.07, 6.45) is 8.97. The molecule has 0 aromatic carbocycles. The molecule has 5 nitrogen and oxygen atoms in total. The van der Waals surface area contributed by atoms with Gasteiger partial charge in [0.15, 0.2) is 0 Å². The second kappa shape index (κ2) is 7.22. The van der Waals surface area contributed by atoms with E-state index in [4.69, 9.17) is 0 Å². The van der Waals surface area contributed by atoms with Crippen molar-refractivity contribution in [3.8, 4) is 0 Å². The molecule has 0 radical (unpaired) electrons. The zero-order valence-electron chi connectivity index (χ0n) is 12.4. The fraction of sp³-hybridized carbons (Fsp3) is 0.667. The molecule has 110 valence electrons. The van der Waals surface area contributed by atoms with Crippen LogP contribution in [0, 0.1) is 5.92 Å². The summed E-state index contributed by atoms with van der Waals surface area (Å²) < 4.78 is 0. The van der Waals surface area contributed by atoms with Crippen LogP contribution in [-0.2, 0) is 0 Å². The Hall–Kier alpha value is -1.65. The average Bonchev–Trinajstić information content (AvgIpc) is 2.49. The SMILES string of the molecule is CCNc1cnc(C(=O)NC2CCC(CC)CC2)cn1. The van der Waals surface area contributed by atoms with Crippen LogP contribution in [0.25, 0.3) is 0 Å². The molecular weight excluding hydrogens is 252 g/mol. The number of carbonyl (C=O) groups excluding carboxylic acids is 1. The first-order valence-corrected chi connectivity index (χ1v) is 7.59. The van der Waals surface area contributed by atoms with Crippen LogP contribution in [-0.4, -0.2) is 28.5 Å². The molecule has 0 unspecified atom stereocenters. The van der Waals surface area contributed by atoms with Gasteiger partial charge >= 0.3 is 0 Å². The highest BCUT2D eigenvalue weighted by Crippen LogP contribution is 2.26. The highest BCUT2D eigenvalue weighted by molar-refractivity contribution is 5.92. The maximum atomic E-state index is 12.1. The number of carbonyl (C=O) groups is 1. The molecule has 20 heavy (non-hydrogen) atoms. The Morgan fingerprint density at radius 2 is 1.95 bits per heavy atom. The van der Waals surface area contributed by atoms with E-state index in [1.165, 1.54) is 25.5 Å².